The molecule has 0 saturated heterocycles. The molecule has 0 fully saturated rings. The molecule has 0 N–H and O–H groups in total. The summed E-state index contributed by atoms with van der Waals surface area (Å²) in [5.41, 5.74) is 15.3. The minimum absolute atomic E-state index is 0.505. The van der Waals surface area contributed by atoms with E-state index in [1.165, 1.54) is 33.4 Å². The Morgan fingerprint density at radius 3 is 1.38 bits per heavy atom. The van der Waals surface area contributed by atoms with Gasteiger partial charge in [0.2, 0.25) is 0 Å². The maximum atomic E-state index is 6.24. The zero-order chi connectivity index (χ0) is 38.5. The van der Waals surface area contributed by atoms with Crippen molar-refractivity contribution in [1.82, 2.24) is 0 Å². The highest BCUT2D eigenvalue weighted by atomic mass is 16.3. The second kappa shape index (κ2) is 13.8. The third-order valence-electron chi connectivity index (χ3n) is 11.7. The van der Waals surface area contributed by atoms with Gasteiger partial charge in [-0.1, -0.05) is 152 Å². The molecule has 58 heavy (non-hydrogen) atoms. The number of benzene rings is 9. The monoisotopic (exact) mass is 742 g/mol. The van der Waals surface area contributed by atoms with Gasteiger partial charge < -0.3 is 14.2 Å². The molecule has 0 atom stereocenters. The predicted molar refractivity (Wildman–Crippen MR) is 240 cm³/mol. The molecule has 3 nitrogen and oxygen atoms in total. The summed E-state index contributed by atoms with van der Waals surface area (Å²) in [7, 11) is 0. The Bertz CT molecular complexity index is 3030. The van der Waals surface area contributed by atoms with Crippen molar-refractivity contribution in [3.8, 4) is 11.1 Å². The number of fused-ring (bicyclic) bond motifs is 6. The van der Waals surface area contributed by atoms with E-state index in [0.29, 0.717) is 0 Å². The molecule has 0 spiro atoms. The highest BCUT2D eigenvalue weighted by Crippen LogP contribution is 2.56. The van der Waals surface area contributed by atoms with Gasteiger partial charge in [-0.25, -0.2) is 0 Å². The van der Waals surface area contributed by atoms with Crippen LogP contribution in [0, 0.1) is 0 Å². The summed E-state index contributed by atoms with van der Waals surface area (Å²) in [4.78, 5) is 4.72. The van der Waals surface area contributed by atoms with Crippen LogP contribution >= 0.6 is 0 Å². The van der Waals surface area contributed by atoms with E-state index >= 15 is 0 Å². The summed E-state index contributed by atoms with van der Waals surface area (Å²) in [5.74, 6) is 0. The number of hydrogen-bond donors (Lipinski definition) is 0. The van der Waals surface area contributed by atoms with Gasteiger partial charge in [0.25, 0.3) is 0 Å². The molecular weight excluding hydrogens is 705 g/mol. The van der Waals surface area contributed by atoms with Crippen LogP contribution in [0.5, 0.6) is 0 Å². The Morgan fingerprint density at radius 2 is 0.741 bits per heavy atom. The lowest BCUT2D eigenvalue weighted by atomic mass is 9.67. The molecule has 0 bridgehead atoms. The van der Waals surface area contributed by atoms with Gasteiger partial charge in [-0.05, 0) is 112 Å². The third kappa shape index (κ3) is 5.36. The molecule has 1 aliphatic rings. The largest absolute Gasteiger partial charge is 0.456 e. The first-order chi connectivity index (χ1) is 28.8. The Morgan fingerprint density at radius 1 is 0.293 bits per heavy atom. The van der Waals surface area contributed by atoms with Crippen LogP contribution in [0.2, 0.25) is 0 Å². The van der Waals surface area contributed by atoms with Crippen molar-refractivity contribution in [3.63, 3.8) is 0 Å². The molecule has 0 unspecified atom stereocenters. The van der Waals surface area contributed by atoms with Crippen molar-refractivity contribution in [2.75, 3.05) is 9.80 Å². The number of anilines is 6. The smallest absolute Gasteiger partial charge is 0.135 e. The summed E-state index contributed by atoms with van der Waals surface area (Å²) >= 11 is 0. The lowest BCUT2D eigenvalue weighted by molar-refractivity contribution is 0.669. The van der Waals surface area contributed by atoms with E-state index in [9.17, 15) is 0 Å². The molecule has 1 aliphatic carbocycles. The number of furan rings is 1. The normalized spacial score (nSPS) is 12.6. The summed E-state index contributed by atoms with van der Waals surface area (Å²) in [5, 5.41) is 2.20. The topological polar surface area (TPSA) is 19.6 Å². The van der Waals surface area contributed by atoms with Crippen LogP contribution in [0.25, 0.3) is 33.1 Å². The van der Waals surface area contributed by atoms with E-state index in [1.807, 2.05) is 12.1 Å². The van der Waals surface area contributed by atoms with Crippen molar-refractivity contribution in [2.45, 2.75) is 5.41 Å². The van der Waals surface area contributed by atoms with Crippen LogP contribution in [-0.2, 0) is 5.41 Å². The number of hydrogen-bond acceptors (Lipinski definition) is 3. The summed E-state index contributed by atoms with van der Waals surface area (Å²) in [6, 6.07) is 83.0. The van der Waals surface area contributed by atoms with Gasteiger partial charge in [-0.15, -0.1) is 0 Å². The molecule has 3 heteroatoms. The van der Waals surface area contributed by atoms with E-state index in [4.69, 9.17) is 4.42 Å². The van der Waals surface area contributed by atoms with Crippen molar-refractivity contribution < 1.29 is 4.42 Å². The standard InChI is InChI=1S/C55H38N2O/c1-4-18-39(19-5-1)55(51-31-13-10-28-47(51)48-29-11-14-32-52(48)55)40-20-16-25-43(36-40)56(41-21-6-2-7-22-41)44-26-17-27-45(37-44)57(42-23-8-3-9-24-42)46-34-35-54-50(38-46)49-30-12-15-33-53(49)58-54/h1-38H. The molecule has 0 aliphatic heterocycles. The molecule has 1 heterocycles. The second-order valence-corrected chi connectivity index (χ2v) is 14.9. The SMILES string of the molecule is c1ccc(N(c2cccc(N(c3ccccc3)c3ccc4oc5ccccc5c4c3)c2)c2cccc(C3(c4ccccc4)c4ccccc4-c4ccccc43)c2)cc1. The first-order valence-corrected chi connectivity index (χ1v) is 19.8. The minimum atomic E-state index is -0.505. The predicted octanol–water partition coefficient (Wildman–Crippen LogP) is 14.9. The zero-order valence-corrected chi connectivity index (χ0v) is 31.7. The molecule has 0 amide bonds. The van der Waals surface area contributed by atoms with Gasteiger partial charge in [0.1, 0.15) is 11.2 Å². The molecule has 11 rings (SSSR count). The first kappa shape index (κ1) is 33.7. The van der Waals surface area contributed by atoms with Crippen LogP contribution in [0.15, 0.2) is 235 Å². The average molecular weight is 743 g/mol. The molecule has 274 valence electrons. The van der Waals surface area contributed by atoms with Gasteiger partial charge in [0.15, 0.2) is 0 Å². The average Bonchev–Trinajstić information content (AvgIpc) is 3.82. The van der Waals surface area contributed by atoms with Crippen LogP contribution < -0.4 is 9.80 Å². The van der Waals surface area contributed by atoms with Crippen molar-refractivity contribution in [3.05, 3.63) is 253 Å². The number of para-hydroxylation sites is 3. The van der Waals surface area contributed by atoms with Gasteiger partial charge in [0, 0.05) is 44.9 Å². The summed E-state index contributed by atoms with van der Waals surface area (Å²) in [6.07, 6.45) is 0. The number of rotatable bonds is 8. The molecule has 1 aromatic heterocycles. The van der Waals surface area contributed by atoms with E-state index < -0.39 is 5.41 Å². The Balaban J connectivity index is 1.10. The lowest BCUT2D eigenvalue weighted by Gasteiger charge is -2.35. The molecule has 0 radical (unpaired) electrons. The fourth-order valence-electron chi connectivity index (χ4n) is 9.26. The summed E-state index contributed by atoms with van der Waals surface area (Å²) < 4.78 is 6.24. The van der Waals surface area contributed by atoms with Crippen LogP contribution in [0.3, 0.4) is 0 Å². The van der Waals surface area contributed by atoms with Gasteiger partial charge in [0.05, 0.1) is 5.41 Å². The Labute approximate surface area is 338 Å². The minimum Gasteiger partial charge on any atom is -0.456 e. The summed E-state index contributed by atoms with van der Waals surface area (Å²) in [6.45, 7) is 0. The van der Waals surface area contributed by atoms with Crippen molar-refractivity contribution >= 4 is 56.1 Å². The van der Waals surface area contributed by atoms with Gasteiger partial charge >= 0.3 is 0 Å². The molecular formula is C55H38N2O. The highest BCUT2D eigenvalue weighted by Gasteiger charge is 2.46. The first-order valence-electron chi connectivity index (χ1n) is 19.8. The second-order valence-electron chi connectivity index (χ2n) is 14.9. The highest BCUT2D eigenvalue weighted by molar-refractivity contribution is 6.06. The van der Waals surface area contributed by atoms with Crippen LogP contribution in [0.1, 0.15) is 22.3 Å². The maximum absolute atomic E-state index is 6.24. The molecule has 0 saturated carbocycles. The zero-order valence-electron chi connectivity index (χ0n) is 31.7. The number of nitrogens with zero attached hydrogens (tertiary/aromatic N) is 2. The fourth-order valence-corrected chi connectivity index (χ4v) is 9.26. The van der Waals surface area contributed by atoms with E-state index in [-0.39, 0.29) is 0 Å². The van der Waals surface area contributed by atoms with Gasteiger partial charge in [-0.3, -0.25) is 0 Å². The van der Waals surface area contributed by atoms with E-state index in [0.717, 1.165) is 56.1 Å². The molecule has 10 aromatic rings. The Hall–Kier alpha value is -7.62. The quantitative estimate of drug-likeness (QED) is 0.155. The van der Waals surface area contributed by atoms with Crippen molar-refractivity contribution in [1.29, 1.82) is 0 Å². The van der Waals surface area contributed by atoms with Crippen LogP contribution in [-0.4, -0.2) is 0 Å². The third-order valence-corrected chi connectivity index (χ3v) is 11.7. The van der Waals surface area contributed by atoms with E-state index in [2.05, 4.69) is 228 Å². The molecule has 9 aromatic carbocycles. The van der Waals surface area contributed by atoms with E-state index in [1.54, 1.807) is 0 Å². The Kier molecular flexibility index (Phi) is 8.04. The lowest BCUT2D eigenvalue weighted by Crippen LogP contribution is -2.28. The fraction of sp³-hybridized carbons (Fsp3) is 0.0182. The van der Waals surface area contributed by atoms with Crippen molar-refractivity contribution in [2.24, 2.45) is 0 Å². The maximum Gasteiger partial charge on any atom is 0.135 e. The van der Waals surface area contributed by atoms with Crippen LogP contribution in [0.4, 0.5) is 34.1 Å². The van der Waals surface area contributed by atoms with Gasteiger partial charge in [-0.2, -0.15) is 0 Å².